The molecule has 22 heavy (non-hydrogen) atoms. The van der Waals surface area contributed by atoms with Crippen molar-refractivity contribution in [2.24, 2.45) is 0 Å². The number of rotatable bonds is 5. The van der Waals surface area contributed by atoms with Gasteiger partial charge in [0.25, 0.3) is 0 Å². The molecule has 0 aliphatic heterocycles. The Balaban J connectivity index is 2.34. The van der Waals surface area contributed by atoms with Gasteiger partial charge in [-0.05, 0) is 42.0 Å². The average molecular weight is 323 g/mol. The van der Waals surface area contributed by atoms with Gasteiger partial charge in [0.05, 0.1) is 24.1 Å². The molecule has 0 fully saturated rings. The third kappa shape index (κ3) is 3.82. The van der Waals surface area contributed by atoms with Gasteiger partial charge in [-0.2, -0.15) is 0 Å². The first-order valence-corrected chi connectivity index (χ1v) is 8.18. The summed E-state index contributed by atoms with van der Waals surface area (Å²) in [5, 5.41) is 8.87. The fraction of sp³-hybridized carbons (Fsp3) is 0.133. The maximum atomic E-state index is 12.9. The van der Waals surface area contributed by atoms with Crippen LogP contribution in [0.15, 0.2) is 48.5 Å². The quantitative estimate of drug-likeness (QED) is 0.917. The molecule has 0 heterocycles. The highest BCUT2D eigenvalue weighted by Gasteiger charge is 2.18. The fourth-order valence-electron chi connectivity index (χ4n) is 1.93. The van der Waals surface area contributed by atoms with Crippen molar-refractivity contribution in [3.05, 3.63) is 65.5 Å². The van der Waals surface area contributed by atoms with Gasteiger partial charge < -0.3 is 5.11 Å². The van der Waals surface area contributed by atoms with Crippen LogP contribution in [0.4, 0.5) is 10.1 Å². The fourth-order valence-corrected chi connectivity index (χ4v) is 2.81. The molecule has 1 N–H and O–H groups in total. The van der Waals surface area contributed by atoms with Gasteiger partial charge in [0.2, 0.25) is 10.0 Å². The van der Waals surface area contributed by atoms with Gasteiger partial charge in [-0.15, -0.1) is 0 Å². The van der Waals surface area contributed by atoms with Crippen molar-refractivity contribution in [1.82, 2.24) is 0 Å². The molecule has 5 nitrogen and oxygen atoms in total. The predicted octanol–water partition coefficient (Wildman–Crippen LogP) is 2.49. The first-order valence-electron chi connectivity index (χ1n) is 6.33. The van der Waals surface area contributed by atoms with E-state index in [1.807, 2.05) is 0 Å². The van der Waals surface area contributed by atoms with E-state index >= 15 is 0 Å². The number of carbonyl (C=O) groups is 1. The molecule has 0 saturated heterocycles. The van der Waals surface area contributed by atoms with Gasteiger partial charge in [-0.25, -0.2) is 17.6 Å². The molecule has 0 aromatic heterocycles. The molecule has 0 aliphatic rings. The molecule has 7 heteroatoms. The number of carboxylic acids is 1. The Kier molecular flexibility index (Phi) is 4.46. The van der Waals surface area contributed by atoms with Crippen LogP contribution in [0.2, 0.25) is 0 Å². The summed E-state index contributed by atoms with van der Waals surface area (Å²) in [6.45, 7) is 0.0333. The zero-order valence-corrected chi connectivity index (χ0v) is 12.5. The van der Waals surface area contributed by atoms with E-state index in [1.54, 1.807) is 0 Å². The minimum atomic E-state index is -3.57. The number of hydrogen-bond acceptors (Lipinski definition) is 3. The van der Waals surface area contributed by atoms with Gasteiger partial charge in [-0.3, -0.25) is 4.31 Å². The summed E-state index contributed by atoms with van der Waals surface area (Å²) in [5.74, 6) is -1.49. The summed E-state index contributed by atoms with van der Waals surface area (Å²) in [6, 6.07) is 11.0. The van der Waals surface area contributed by atoms with Crippen LogP contribution in [0.5, 0.6) is 0 Å². The number of anilines is 1. The van der Waals surface area contributed by atoms with Crippen molar-refractivity contribution >= 4 is 21.7 Å². The summed E-state index contributed by atoms with van der Waals surface area (Å²) in [4.78, 5) is 10.8. The summed E-state index contributed by atoms with van der Waals surface area (Å²) in [6.07, 6.45) is 1.06. The van der Waals surface area contributed by atoms with Crippen LogP contribution in [-0.4, -0.2) is 25.7 Å². The van der Waals surface area contributed by atoms with Crippen LogP contribution in [0.3, 0.4) is 0 Å². The topological polar surface area (TPSA) is 74.7 Å². The number of hydrogen-bond donors (Lipinski definition) is 1. The Morgan fingerprint density at radius 2 is 1.64 bits per heavy atom. The molecule has 0 spiro atoms. The average Bonchev–Trinajstić information content (AvgIpc) is 2.45. The lowest BCUT2D eigenvalue weighted by Crippen LogP contribution is -2.29. The molecular formula is C15H14FNO4S. The third-order valence-electron chi connectivity index (χ3n) is 3.04. The number of halogens is 1. The van der Waals surface area contributed by atoms with Crippen LogP contribution in [0.25, 0.3) is 0 Å². The van der Waals surface area contributed by atoms with Crippen molar-refractivity contribution in [3.63, 3.8) is 0 Å². The van der Waals surface area contributed by atoms with Crippen molar-refractivity contribution in [1.29, 1.82) is 0 Å². The van der Waals surface area contributed by atoms with E-state index in [0.717, 1.165) is 10.6 Å². The number of benzene rings is 2. The monoisotopic (exact) mass is 323 g/mol. The Morgan fingerprint density at radius 1 is 1.09 bits per heavy atom. The molecule has 0 atom stereocenters. The number of carboxylic acid groups (broad SMARTS) is 1. The lowest BCUT2D eigenvalue weighted by molar-refractivity contribution is 0.0697. The Labute approximate surface area is 127 Å². The van der Waals surface area contributed by atoms with Crippen LogP contribution in [0, 0.1) is 5.82 Å². The van der Waals surface area contributed by atoms with E-state index in [4.69, 9.17) is 5.11 Å². The summed E-state index contributed by atoms with van der Waals surface area (Å²) < 4.78 is 38.0. The molecule has 2 aromatic rings. The Hall–Kier alpha value is -2.41. The first-order chi connectivity index (χ1) is 10.3. The lowest BCUT2D eigenvalue weighted by atomic mass is 10.2. The molecule has 0 amide bonds. The highest BCUT2D eigenvalue weighted by atomic mass is 32.2. The molecule has 2 rings (SSSR count). The normalized spacial score (nSPS) is 11.2. The standard InChI is InChI=1S/C15H14FNO4S/c1-22(20,21)17(10-11-2-6-13(16)7-3-11)14-8-4-12(5-9-14)15(18)19/h2-9H,10H2,1H3,(H,18,19). The maximum Gasteiger partial charge on any atom is 0.335 e. The smallest absolute Gasteiger partial charge is 0.335 e. The highest BCUT2D eigenvalue weighted by Crippen LogP contribution is 2.21. The van der Waals surface area contributed by atoms with E-state index in [-0.39, 0.29) is 12.1 Å². The summed E-state index contributed by atoms with van der Waals surface area (Å²) >= 11 is 0. The second kappa shape index (κ2) is 6.15. The molecular weight excluding hydrogens is 309 g/mol. The molecule has 0 saturated carbocycles. The zero-order valence-electron chi connectivity index (χ0n) is 11.7. The largest absolute Gasteiger partial charge is 0.478 e. The zero-order chi connectivity index (χ0) is 16.3. The van der Waals surface area contributed by atoms with Gasteiger partial charge in [0.15, 0.2) is 0 Å². The van der Waals surface area contributed by atoms with E-state index in [1.165, 1.54) is 48.5 Å². The second-order valence-electron chi connectivity index (χ2n) is 4.75. The van der Waals surface area contributed by atoms with Gasteiger partial charge >= 0.3 is 5.97 Å². The van der Waals surface area contributed by atoms with Crippen LogP contribution in [0.1, 0.15) is 15.9 Å². The van der Waals surface area contributed by atoms with Gasteiger partial charge in [-0.1, -0.05) is 12.1 Å². The van der Waals surface area contributed by atoms with Crippen LogP contribution < -0.4 is 4.31 Å². The van der Waals surface area contributed by atoms with Crippen LogP contribution in [-0.2, 0) is 16.6 Å². The SMILES string of the molecule is CS(=O)(=O)N(Cc1ccc(F)cc1)c1ccc(C(=O)O)cc1. The van der Waals surface area contributed by atoms with E-state index < -0.39 is 21.8 Å². The van der Waals surface area contributed by atoms with Gasteiger partial charge in [0.1, 0.15) is 5.82 Å². The Morgan fingerprint density at radius 3 is 2.09 bits per heavy atom. The number of nitrogens with zero attached hydrogens (tertiary/aromatic N) is 1. The van der Waals surface area contributed by atoms with Crippen molar-refractivity contribution in [3.8, 4) is 0 Å². The van der Waals surface area contributed by atoms with Crippen molar-refractivity contribution in [2.75, 3.05) is 10.6 Å². The Bertz CT molecular complexity index is 770. The number of sulfonamides is 1. The minimum Gasteiger partial charge on any atom is -0.478 e. The molecule has 116 valence electrons. The molecule has 2 aromatic carbocycles. The maximum absolute atomic E-state index is 12.9. The first kappa shape index (κ1) is 16.0. The highest BCUT2D eigenvalue weighted by molar-refractivity contribution is 7.92. The van der Waals surface area contributed by atoms with E-state index in [9.17, 15) is 17.6 Å². The molecule has 0 radical (unpaired) electrons. The number of aromatic carboxylic acids is 1. The summed E-state index contributed by atoms with van der Waals surface area (Å²) in [7, 11) is -3.57. The molecule has 0 aliphatic carbocycles. The second-order valence-corrected chi connectivity index (χ2v) is 6.65. The molecule has 0 unspecified atom stereocenters. The molecule has 0 bridgehead atoms. The lowest BCUT2D eigenvalue weighted by Gasteiger charge is -2.22. The van der Waals surface area contributed by atoms with Gasteiger partial charge in [0, 0.05) is 0 Å². The van der Waals surface area contributed by atoms with Crippen LogP contribution >= 0.6 is 0 Å². The van der Waals surface area contributed by atoms with E-state index in [0.29, 0.717) is 11.3 Å². The summed E-state index contributed by atoms with van der Waals surface area (Å²) in [5.41, 5.74) is 1.03. The predicted molar refractivity (Wildman–Crippen MR) is 80.8 cm³/mol. The minimum absolute atomic E-state index is 0.0333. The van der Waals surface area contributed by atoms with Crippen molar-refractivity contribution < 1.29 is 22.7 Å². The van der Waals surface area contributed by atoms with E-state index in [2.05, 4.69) is 0 Å². The van der Waals surface area contributed by atoms with Crippen molar-refractivity contribution in [2.45, 2.75) is 6.54 Å². The third-order valence-corrected chi connectivity index (χ3v) is 4.18.